The fourth-order valence-electron chi connectivity index (χ4n) is 3.10. The van der Waals surface area contributed by atoms with Gasteiger partial charge in [0.15, 0.2) is 0 Å². The van der Waals surface area contributed by atoms with E-state index in [0.717, 1.165) is 5.56 Å². The number of carbonyl (C=O) groups excluding carboxylic acids is 2. The van der Waals surface area contributed by atoms with Gasteiger partial charge in [-0.3, -0.25) is 9.59 Å². The van der Waals surface area contributed by atoms with E-state index in [-0.39, 0.29) is 18.1 Å². The van der Waals surface area contributed by atoms with Crippen LogP contribution < -0.4 is 15.5 Å². The van der Waals surface area contributed by atoms with E-state index in [1.54, 1.807) is 38.1 Å². The highest BCUT2D eigenvalue weighted by molar-refractivity contribution is 6.42. The molecule has 2 N–H and O–H groups in total. The summed E-state index contributed by atoms with van der Waals surface area (Å²) in [5, 5.41) is 7.61. The van der Waals surface area contributed by atoms with Crippen LogP contribution in [0, 0.1) is 11.7 Å². The van der Waals surface area contributed by atoms with Crippen molar-refractivity contribution in [1.29, 1.82) is 0 Å². The number of nitrogens with zero attached hydrogens (tertiary/aromatic N) is 1. The van der Waals surface area contributed by atoms with Gasteiger partial charge in [0.05, 0.1) is 16.3 Å². The Bertz CT molecular complexity index is 1220. The minimum atomic E-state index is -0.842. The summed E-state index contributed by atoms with van der Waals surface area (Å²) in [6, 6.07) is 16.7. The van der Waals surface area contributed by atoms with Gasteiger partial charge in [-0.2, -0.15) is 5.10 Å². The molecule has 0 aliphatic rings. The Morgan fingerprint density at radius 3 is 2.43 bits per heavy atom. The molecule has 3 aromatic rings. The van der Waals surface area contributed by atoms with Crippen LogP contribution in [-0.4, -0.2) is 24.1 Å². The number of halogens is 3. The zero-order chi connectivity index (χ0) is 25.4. The molecular weight excluding hydrogens is 492 g/mol. The van der Waals surface area contributed by atoms with E-state index in [0.29, 0.717) is 21.4 Å². The van der Waals surface area contributed by atoms with Gasteiger partial charge < -0.3 is 10.1 Å². The van der Waals surface area contributed by atoms with Crippen LogP contribution in [0.25, 0.3) is 0 Å². The van der Waals surface area contributed by atoms with Gasteiger partial charge in [-0.25, -0.2) is 9.82 Å². The quantitative estimate of drug-likeness (QED) is 0.286. The first-order valence-corrected chi connectivity index (χ1v) is 11.6. The van der Waals surface area contributed by atoms with E-state index in [2.05, 4.69) is 15.8 Å². The van der Waals surface area contributed by atoms with Gasteiger partial charge in [0.2, 0.25) is 0 Å². The van der Waals surface area contributed by atoms with Crippen molar-refractivity contribution in [2.45, 2.75) is 26.5 Å². The first-order chi connectivity index (χ1) is 16.7. The lowest BCUT2D eigenvalue weighted by atomic mass is 10.0. The summed E-state index contributed by atoms with van der Waals surface area (Å²) in [6.45, 7) is 3.86. The van der Waals surface area contributed by atoms with Crippen molar-refractivity contribution in [3.63, 3.8) is 0 Å². The standard InChI is InChI=1S/C26H24Cl2FN3O3/c1-16(2)24(31-25(33)18-8-10-20(29)11-9-18)26(34)32-30-14-19-5-3-4-6-23(19)35-15-17-7-12-21(27)22(28)13-17/h3-14,16,24H,15H2,1-2H3,(H,31,33)(H,32,34). The summed E-state index contributed by atoms with van der Waals surface area (Å²) in [5.41, 5.74) is 4.20. The van der Waals surface area contributed by atoms with Crippen LogP contribution in [0.3, 0.4) is 0 Å². The van der Waals surface area contributed by atoms with Crippen LogP contribution in [0.4, 0.5) is 4.39 Å². The molecule has 3 rings (SSSR count). The van der Waals surface area contributed by atoms with Crippen molar-refractivity contribution in [2.75, 3.05) is 0 Å². The van der Waals surface area contributed by atoms with E-state index in [9.17, 15) is 14.0 Å². The monoisotopic (exact) mass is 515 g/mol. The lowest BCUT2D eigenvalue weighted by Crippen LogP contribution is -2.48. The van der Waals surface area contributed by atoms with Gasteiger partial charge >= 0.3 is 0 Å². The maximum atomic E-state index is 13.1. The van der Waals surface area contributed by atoms with E-state index in [1.165, 1.54) is 30.5 Å². The molecule has 0 aliphatic heterocycles. The number of para-hydroxylation sites is 1. The molecule has 0 aromatic heterocycles. The molecule has 0 spiro atoms. The van der Waals surface area contributed by atoms with Crippen LogP contribution in [-0.2, 0) is 11.4 Å². The number of rotatable bonds is 9. The molecule has 2 amide bonds. The molecule has 3 aromatic carbocycles. The smallest absolute Gasteiger partial charge is 0.262 e. The predicted molar refractivity (Wildman–Crippen MR) is 135 cm³/mol. The van der Waals surface area contributed by atoms with Gasteiger partial charge in [0.1, 0.15) is 24.2 Å². The Morgan fingerprint density at radius 2 is 1.74 bits per heavy atom. The van der Waals surface area contributed by atoms with Crippen LogP contribution in [0.1, 0.15) is 35.3 Å². The number of hydrogen-bond acceptors (Lipinski definition) is 4. The Morgan fingerprint density at radius 1 is 1.03 bits per heavy atom. The maximum absolute atomic E-state index is 13.1. The lowest BCUT2D eigenvalue weighted by Gasteiger charge is -2.20. The van der Waals surface area contributed by atoms with E-state index < -0.39 is 23.7 Å². The molecule has 0 saturated carbocycles. The highest BCUT2D eigenvalue weighted by Gasteiger charge is 2.24. The highest BCUT2D eigenvalue weighted by atomic mass is 35.5. The number of benzene rings is 3. The van der Waals surface area contributed by atoms with Gasteiger partial charge in [-0.1, -0.05) is 55.2 Å². The largest absolute Gasteiger partial charge is 0.488 e. The molecule has 0 aliphatic carbocycles. The molecule has 1 unspecified atom stereocenters. The maximum Gasteiger partial charge on any atom is 0.262 e. The minimum absolute atomic E-state index is 0.212. The Balaban J connectivity index is 1.62. The number of nitrogens with one attached hydrogen (secondary N) is 2. The fraction of sp³-hybridized carbons (Fsp3) is 0.192. The highest BCUT2D eigenvalue weighted by Crippen LogP contribution is 2.24. The second kappa shape index (κ2) is 12.3. The van der Waals surface area contributed by atoms with Crippen molar-refractivity contribution in [2.24, 2.45) is 11.0 Å². The Hall–Kier alpha value is -3.42. The van der Waals surface area contributed by atoms with Gasteiger partial charge in [-0.05, 0) is 60.0 Å². The molecule has 35 heavy (non-hydrogen) atoms. The molecule has 0 bridgehead atoms. The third-order valence-corrected chi connectivity index (χ3v) is 5.76. The predicted octanol–water partition coefficient (Wildman–Crippen LogP) is 5.62. The molecule has 6 nitrogen and oxygen atoms in total. The molecule has 182 valence electrons. The third kappa shape index (κ3) is 7.53. The topological polar surface area (TPSA) is 79.8 Å². The number of ether oxygens (including phenoxy) is 1. The van der Waals surface area contributed by atoms with Gasteiger partial charge in [0.25, 0.3) is 11.8 Å². The average molecular weight is 516 g/mol. The van der Waals surface area contributed by atoms with Gasteiger partial charge in [-0.15, -0.1) is 0 Å². The second-order valence-electron chi connectivity index (χ2n) is 8.01. The van der Waals surface area contributed by atoms with E-state index in [4.69, 9.17) is 27.9 Å². The first kappa shape index (κ1) is 26.2. The average Bonchev–Trinajstić information content (AvgIpc) is 2.84. The molecular formula is C26H24Cl2FN3O3. The zero-order valence-electron chi connectivity index (χ0n) is 19.1. The molecule has 0 heterocycles. The molecule has 9 heteroatoms. The molecule has 1 atom stereocenters. The van der Waals surface area contributed by atoms with E-state index >= 15 is 0 Å². The third-order valence-electron chi connectivity index (χ3n) is 5.02. The van der Waals surface area contributed by atoms with E-state index in [1.807, 2.05) is 18.2 Å². The van der Waals surface area contributed by atoms with Crippen LogP contribution in [0.5, 0.6) is 5.75 Å². The van der Waals surface area contributed by atoms with Crippen molar-refractivity contribution < 1.29 is 18.7 Å². The minimum Gasteiger partial charge on any atom is -0.488 e. The normalized spacial score (nSPS) is 11.9. The summed E-state index contributed by atoms with van der Waals surface area (Å²) >= 11 is 12.0. The number of hydrogen-bond donors (Lipinski definition) is 2. The summed E-state index contributed by atoms with van der Waals surface area (Å²) < 4.78 is 19.0. The van der Waals surface area contributed by atoms with Crippen molar-refractivity contribution in [3.05, 3.63) is 99.3 Å². The SMILES string of the molecule is CC(C)C(NC(=O)c1ccc(F)cc1)C(=O)NN=Cc1ccccc1OCc1ccc(Cl)c(Cl)c1. The summed E-state index contributed by atoms with van der Waals surface area (Å²) in [7, 11) is 0. The second-order valence-corrected chi connectivity index (χ2v) is 8.83. The fourth-order valence-corrected chi connectivity index (χ4v) is 3.43. The number of amides is 2. The lowest BCUT2D eigenvalue weighted by molar-refractivity contribution is -0.123. The van der Waals surface area contributed by atoms with Crippen LogP contribution in [0.15, 0.2) is 71.8 Å². The Kier molecular flexibility index (Phi) is 9.23. The summed E-state index contributed by atoms with van der Waals surface area (Å²) in [6.07, 6.45) is 1.46. The zero-order valence-corrected chi connectivity index (χ0v) is 20.6. The van der Waals surface area contributed by atoms with Crippen molar-refractivity contribution >= 4 is 41.2 Å². The molecule has 0 radical (unpaired) electrons. The van der Waals surface area contributed by atoms with Gasteiger partial charge in [0, 0.05) is 11.1 Å². The summed E-state index contributed by atoms with van der Waals surface area (Å²) in [5.74, 6) is -1.07. The summed E-state index contributed by atoms with van der Waals surface area (Å²) in [4.78, 5) is 25.2. The van der Waals surface area contributed by atoms with Crippen LogP contribution >= 0.6 is 23.2 Å². The number of carbonyl (C=O) groups is 2. The Labute approximate surface area is 213 Å². The first-order valence-electron chi connectivity index (χ1n) is 10.8. The van der Waals surface area contributed by atoms with Crippen LogP contribution in [0.2, 0.25) is 10.0 Å². The molecule has 0 fully saturated rings. The van der Waals surface area contributed by atoms with Crippen molar-refractivity contribution in [3.8, 4) is 5.75 Å². The molecule has 0 saturated heterocycles. The van der Waals surface area contributed by atoms with Crippen molar-refractivity contribution in [1.82, 2.24) is 10.7 Å². The number of hydrazone groups is 1.